The first-order valence-corrected chi connectivity index (χ1v) is 17.3. The monoisotopic (exact) mass is 732 g/mol. The average Bonchev–Trinajstić information content (AvgIpc) is 3.57. The largest absolute Gasteiger partial charge is 0.381 e. The molecule has 1 aliphatic rings. The van der Waals surface area contributed by atoms with Crippen molar-refractivity contribution in [3.05, 3.63) is 126 Å². The molecule has 3 aromatic heterocycles. The quantitative estimate of drug-likeness (QED) is 0.118. The van der Waals surface area contributed by atoms with Crippen LogP contribution in [0, 0.1) is 6.92 Å². The molecule has 0 spiro atoms. The first kappa shape index (κ1) is 37.1. The fraction of sp³-hybridized carbons (Fsp3) is 0.250. The Morgan fingerprint density at radius 3 is 2.53 bits per heavy atom. The zero-order chi connectivity index (χ0) is 36.0. The van der Waals surface area contributed by atoms with E-state index in [4.69, 9.17) is 9.72 Å². The second-order valence-electron chi connectivity index (χ2n) is 12.9. The number of amides is 2. The molecule has 2 atom stereocenters. The highest BCUT2D eigenvalue weighted by molar-refractivity contribution is 5.98. The van der Waals surface area contributed by atoms with Gasteiger partial charge in [0.05, 0.1) is 22.8 Å². The summed E-state index contributed by atoms with van der Waals surface area (Å²) in [6.45, 7) is 3.12. The number of imidazole rings is 1. The number of carbonyl (C=O) groups is 2. The van der Waals surface area contributed by atoms with E-state index in [9.17, 15) is 14.7 Å². The number of ether oxygens (including phenoxy) is 1. The third-order valence-electron chi connectivity index (χ3n) is 9.41. The molecule has 4 N–H and O–H groups in total. The minimum absolute atomic E-state index is 0. The molecule has 13 heteroatoms. The van der Waals surface area contributed by atoms with Crippen LogP contribution in [0.4, 0.5) is 17.3 Å². The number of aliphatic hydroxyl groups is 1. The summed E-state index contributed by atoms with van der Waals surface area (Å²) in [5.74, 6) is 0.415. The molecule has 1 saturated heterocycles. The van der Waals surface area contributed by atoms with Gasteiger partial charge in [0, 0.05) is 67.3 Å². The van der Waals surface area contributed by atoms with E-state index in [1.807, 2.05) is 72.2 Å². The average molecular weight is 733 g/mol. The van der Waals surface area contributed by atoms with Crippen molar-refractivity contribution in [2.45, 2.75) is 44.2 Å². The molecule has 12 nitrogen and oxygen atoms in total. The van der Waals surface area contributed by atoms with E-state index in [2.05, 4.69) is 30.9 Å². The van der Waals surface area contributed by atoms with Gasteiger partial charge in [-0.25, -0.2) is 15.0 Å². The Morgan fingerprint density at radius 2 is 1.77 bits per heavy atom. The SMILES string of the molecule is CNC(=O)c1ccc2c(c1)nc(C1CCOCC1)n2C(Cc1ccccc1)C(O)C(=O)Nc1ccc(C)c(Nc2nccc(-c3cccnc3)n2)c1.Cl. The third kappa shape index (κ3) is 8.36. The number of fused-ring (bicyclic) bond motifs is 1. The van der Waals surface area contributed by atoms with Gasteiger partial charge in [0.25, 0.3) is 11.8 Å². The van der Waals surface area contributed by atoms with Crippen molar-refractivity contribution in [3.63, 3.8) is 0 Å². The number of benzene rings is 3. The van der Waals surface area contributed by atoms with Gasteiger partial charge in [-0.3, -0.25) is 14.6 Å². The van der Waals surface area contributed by atoms with Gasteiger partial charge >= 0.3 is 0 Å². The van der Waals surface area contributed by atoms with Gasteiger partial charge in [-0.15, -0.1) is 12.4 Å². The van der Waals surface area contributed by atoms with Crippen LogP contribution in [-0.4, -0.2) is 67.8 Å². The fourth-order valence-corrected chi connectivity index (χ4v) is 6.63. The van der Waals surface area contributed by atoms with Gasteiger partial charge in [-0.1, -0.05) is 36.4 Å². The third-order valence-corrected chi connectivity index (χ3v) is 9.41. The number of anilines is 3. The molecule has 0 bridgehead atoms. The maximum absolute atomic E-state index is 14.1. The van der Waals surface area contributed by atoms with E-state index in [-0.39, 0.29) is 24.2 Å². The highest BCUT2D eigenvalue weighted by atomic mass is 35.5. The smallest absolute Gasteiger partial charge is 0.255 e. The number of aryl methyl sites for hydroxylation is 1. The topological polar surface area (TPSA) is 156 Å². The summed E-state index contributed by atoms with van der Waals surface area (Å²) in [7, 11) is 1.59. The highest BCUT2D eigenvalue weighted by Crippen LogP contribution is 2.35. The van der Waals surface area contributed by atoms with Crippen molar-refractivity contribution in [2.75, 3.05) is 30.9 Å². The number of aliphatic hydroxyl groups excluding tert-OH is 1. The van der Waals surface area contributed by atoms with Gasteiger partial charge in [-0.2, -0.15) is 0 Å². The summed E-state index contributed by atoms with van der Waals surface area (Å²) in [5.41, 5.74) is 6.48. The lowest BCUT2D eigenvalue weighted by Gasteiger charge is -2.30. The molecule has 1 aliphatic heterocycles. The Kier molecular flexibility index (Phi) is 11.7. The van der Waals surface area contributed by atoms with Gasteiger partial charge in [0.1, 0.15) is 5.82 Å². The van der Waals surface area contributed by atoms with Crippen molar-refractivity contribution in [3.8, 4) is 11.3 Å². The van der Waals surface area contributed by atoms with Crippen molar-refractivity contribution in [2.24, 2.45) is 0 Å². The van der Waals surface area contributed by atoms with E-state index >= 15 is 0 Å². The lowest BCUT2D eigenvalue weighted by atomic mass is 9.96. The van der Waals surface area contributed by atoms with E-state index in [1.54, 1.807) is 49.9 Å². The van der Waals surface area contributed by atoms with Crippen molar-refractivity contribution in [1.82, 2.24) is 29.8 Å². The Morgan fingerprint density at radius 1 is 0.962 bits per heavy atom. The molecule has 1 fully saturated rings. The number of carbonyl (C=O) groups excluding carboxylic acids is 2. The molecule has 7 rings (SSSR count). The van der Waals surface area contributed by atoms with E-state index in [1.165, 1.54) is 0 Å². The molecule has 53 heavy (non-hydrogen) atoms. The molecule has 0 aliphatic carbocycles. The van der Waals surface area contributed by atoms with Crippen LogP contribution in [0.1, 0.15) is 52.1 Å². The lowest BCUT2D eigenvalue weighted by molar-refractivity contribution is -0.126. The second-order valence-corrected chi connectivity index (χ2v) is 12.9. The second kappa shape index (κ2) is 16.8. The zero-order valence-corrected chi connectivity index (χ0v) is 30.2. The van der Waals surface area contributed by atoms with Crippen LogP contribution < -0.4 is 16.0 Å². The van der Waals surface area contributed by atoms with Crippen LogP contribution in [0.15, 0.2) is 104 Å². The minimum Gasteiger partial charge on any atom is -0.381 e. The number of nitrogens with one attached hydrogen (secondary N) is 3. The molecular formula is C40H41ClN8O4. The maximum atomic E-state index is 14.1. The molecule has 0 radical (unpaired) electrons. The number of halogens is 1. The number of nitrogens with zero attached hydrogens (tertiary/aromatic N) is 5. The highest BCUT2D eigenvalue weighted by Gasteiger charge is 2.34. The summed E-state index contributed by atoms with van der Waals surface area (Å²) >= 11 is 0. The molecule has 3 aromatic carbocycles. The summed E-state index contributed by atoms with van der Waals surface area (Å²) in [6.07, 6.45) is 5.52. The number of pyridine rings is 1. The van der Waals surface area contributed by atoms with Gasteiger partial charge in [0.2, 0.25) is 5.95 Å². The Balaban J connectivity index is 0.00000481. The van der Waals surface area contributed by atoms with Crippen LogP contribution in [0.2, 0.25) is 0 Å². The molecule has 2 unspecified atom stereocenters. The van der Waals surface area contributed by atoms with Crippen LogP contribution in [0.3, 0.4) is 0 Å². The number of hydrogen-bond acceptors (Lipinski definition) is 9. The standard InChI is InChI=1S/C40H40N8O4.ClH/c1-25-10-12-30(23-32(25)47-40-43-18-14-31(46-40)29-9-6-17-42-24-29)44-39(51)36(49)35(21-26-7-4-3-5-8-26)48-34-13-11-28(38(50)41-2)22-33(34)45-37(48)27-15-19-52-20-16-27;/h3-14,17-18,22-24,27,35-36,49H,15-16,19-21H2,1-2H3,(H,41,50)(H,44,51)(H,43,46,47);1H. The molecule has 2 amide bonds. The Labute approximate surface area is 313 Å². The van der Waals surface area contributed by atoms with Gasteiger partial charge in [0.15, 0.2) is 6.10 Å². The van der Waals surface area contributed by atoms with Crippen molar-refractivity contribution >= 4 is 52.6 Å². The first-order chi connectivity index (χ1) is 25.4. The fourth-order valence-electron chi connectivity index (χ4n) is 6.63. The Bertz CT molecular complexity index is 2190. The lowest BCUT2D eigenvalue weighted by Crippen LogP contribution is -2.38. The van der Waals surface area contributed by atoms with Crippen molar-refractivity contribution < 1.29 is 19.4 Å². The Hall–Kier alpha value is -5.69. The van der Waals surface area contributed by atoms with E-state index in [0.717, 1.165) is 46.6 Å². The molecule has 272 valence electrons. The van der Waals surface area contributed by atoms with Crippen LogP contribution in [-0.2, 0) is 16.0 Å². The number of aromatic nitrogens is 5. The van der Waals surface area contributed by atoms with E-state index in [0.29, 0.717) is 48.0 Å². The normalized spacial score (nSPS) is 14.2. The molecule has 4 heterocycles. The number of hydrogen-bond donors (Lipinski definition) is 4. The number of rotatable bonds is 11. The summed E-state index contributed by atoms with van der Waals surface area (Å²) in [6, 6.07) is 25.5. The predicted octanol–water partition coefficient (Wildman–Crippen LogP) is 6.40. The van der Waals surface area contributed by atoms with Gasteiger partial charge in [-0.05, 0) is 85.8 Å². The first-order valence-electron chi connectivity index (χ1n) is 17.3. The van der Waals surface area contributed by atoms with Crippen molar-refractivity contribution in [1.29, 1.82) is 0 Å². The molecule has 0 saturated carbocycles. The molecular weight excluding hydrogens is 692 g/mol. The minimum atomic E-state index is -1.47. The predicted molar refractivity (Wildman–Crippen MR) is 207 cm³/mol. The van der Waals surface area contributed by atoms with Crippen LogP contribution in [0.5, 0.6) is 0 Å². The maximum Gasteiger partial charge on any atom is 0.255 e. The summed E-state index contributed by atoms with van der Waals surface area (Å²) in [4.78, 5) is 44.9. The van der Waals surface area contributed by atoms with Crippen LogP contribution in [0.25, 0.3) is 22.3 Å². The summed E-state index contributed by atoms with van der Waals surface area (Å²) in [5, 5.41) is 20.9. The molecule has 6 aromatic rings. The van der Waals surface area contributed by atoms with Crippen LogP contribution >= 0.6 is 12.4 Å². The van der Waals surface area contributed by atoms with Gasteiger partial charge < -0.3 is 30.4 Å². The van der Waals surface area contributed by atoms with E-state index < -0.39 is 18.1 Å². The zero-order valence-electron chi connectivity index (χ0n) is 29.4. The summed E-state index contributed by atoms with van der Waals surface area (Å²) < 4.78 is 7.68.